The zero-order chi connectivity index (χ0) is 6.85. The predicted molar refractivity (Wildman–Crippen MR) is 34.9 cm³/mol. The Bertz CT molecular complexity index is 183. The quantitative estimate of drug-likeness (QED) is 0.502. The van der Waals surface area contributed by atoms with Gasteiger partial charge in [0.25, 0.3) is 5.91 Å². The standard InChI is InChI=1S/C6H8N2O/c1-3-5-4(2)7-8-6(5)9/h3,5H,1H2,2H3,(H,8,9). The van der Waals surface area contributed by atoms with E-state index in [9.17, 15) is 4.79 Å². The lowest BCUT2D eigenvalue weighted by Crippen LogP contribution is -2.19. The van der Waals surface area contributed by atoms with Crippen LogP contribution >= 0.6 is 0 Å². The van der Waals surface area contributed by atoms with Crippen LogP contribution in [0.25, 0.3) is 0 Å². The average molecular weight is 124 g/mol. The van der Waals surface area contributed by atoms with Crippen LogP contribution in [0.4, 0.5) is 0 Å². The number of amides is 1. The van der Waals surface area contributed by atoms with E-state index in [-0.39, 0.29) is 11.8 Å². The normalized spacial score (nSPS) is 25.2. The summed E-state index contributed by atoms with van der Waals surface area (Å²) in [6.07, 6.45) is 1.58. The summed E-state index contributed by atoms with van der Waals surface area (Å²) in [4.78, 5) is 10.7. The van der Waals surface area contributed by atoms with Gasteiger partial charge in [-0.25, -0.2) is 5.43 Å². The van der Waals surface area contributed by atoms with E-state index < -0.39 is 0 Å². The van der Waals surface area contributed by atoms with Gasteiger partial charge in [-0.15, -0.1) is 6.58 Å². The van der Waals surface area contributed by atoms with E-state index in [4.69, 9.17) is 0 Å². The maximum atomic E-state index is 10.7. The molecule has 0 aromatic carbocycles. The maximum absolute atomic E-state index is 10.7. The minimum absolute atomic E-state index is 0.0810. The minimum atomic E-state index is -0.204. The van der Waals surface area contributed by atoms with E-state index in [0.29, 0.717) is 0 Å². The van der Waals surface area contributed by atoms with Gasteiger partial charge >= 0.3 is 0 Å². The Hall–Kier alpha value is -1.12. The molecule has 9 heavy (non-hydrogen) atoms. The van der Waals surface area contributed by atoms with Crippen LogP contribution in [0.1, 0.15) is 6.92 Å². The largest absolute Gasteiger partial charge is 0.272 e. The van der Waals surface area contributed by atoms with Crippen molar-refractivity contribution in [2.75, 3.05) is 0 Å². The summed E-state index contributed by atoms with van der Waals surface area (Å²) >= 11 is 0. The SMILES string of the molecule is C=CC1C(=O)NN=C1C. The molecule has 0 radical (unpaired) electrons. The molecule has 3 nitrogen and oxygen atoms in total. The summed E-state index contributed by atoms with van der Waals surface area (Å²) < 4.78 is 0. The van der Waals surface area contributed by atoms with Crippen molar-refractivity contribution in [1.82, 2.24) is 5.43 Å². The number of hydrogen-bond donors (Lipinski definition) is 1. The summed E-state index contributed by atoms with van der Waals surface area (Å²) in [6, 6.07) is 0. The minimum Gasteiger partial charge on any atom is -0.272 e. The molecule has 48 valence electrons. The van der Waals surface area contributed by atoms with Gasteiger partial charge in [-0.1, -0.05) is 6.08 Å². The van der Waals surface area contributed by atoms with E-state index in [0.717, 1.165) is 5.71 Å². The third-order valence-electron chi connectivity index (χ3n) is 1.31. The fourth-order valence-corrected chi connectivity index (χ4v) is 0.750. The Morgan fingerprint density at radius 3 is 2.78 bits per heavy atom. The molecule has 0 aliphatic carbocycles. The molecule has 3 heteroatoms. The highest BCUT2D eigenvalue weighted by Crippen LogP contribution is 2.06. The first-order chi connectivity index (χ1) is 4.25. The van der Waals surface area contributed by atoms with Crippen molar-refractivity contribution in [2.45, 2.75) is 6.92 Å². The number of carbonyl (C=O) groups excluding carboxylic acids is 1. The number of hydrogen-bond acceptors (Lipinski definition) is 2. The average Bonchev–Trinajstić information content (AvgIpc) is 2.12. The summed E-state index contributed by atoms with van der Waals surface area (Å²) in [7, 11) is 0. The zero-order valence-corrected chi connectivity index (χ0v) is 5.22. The molecule has 1 aliphatic heterocycles. The van der Waals surface area contributed by atoms with Crippen molar-refractivity contribution < 1.29 is 4.79 Å². The van der Waals surface area contributed by atoms with Crippen LogP contribution in [0.15, 0.2) is 17.8 Å². The number of carbonyl (C=O) groups is 1. The van der Waals surface area contributed by atoms with Crippen LogP contribution in [0.5, 0.6) is 0 Å². The van der Waals surface area contributed by atoms with Gasteiger partial charge in [-0.3, -0.25) is 4.79 Å². The van der Waals surface area contributed by atoms with Gasteiger partial charge < -0.3 is 0 Å². The second kappa shape index (κ2) is 2.01. The van der Waals surface area contributed by atoms with Crippen LogP contribution in [0.3, 0.4) is 0 Å². The number of nitrogens with zero attached hydrogens (tertiary/aromatic N) is 1. The first kappa shape index (κ1) is 6.01. The smallest absolute Gasteiger partial charge is 0.252 e. The van der Waals surface area contributed by atoms with Crippen molar-refractivity contribution in [3.63, 3.8) is 0 Å². The molecule has 0 saturated carbocycles. The molecule has 0 aromatic heterocycles. The molecule has 1 amide bonds. The second-order valence-electron chi connectivity index (χ2n) is 1.94. The fourth-order valence-electron chi connectivity index (χ4n) is 0.750. The topological polar surface area (TPSA) is 41.5 Å². The molecular weight excluding hydrogens is 116 g/mol. The van der Waals surface area contributed by atoms with Crippen molar-refractivity contribution in [3.8, 4) is 0 Å². The van der Waals surface area contributed by atoms with Gasteiger partial charge in [0.15, 0.2) is 0 Å². The Labute approximate surface area is 53.4 Å². The third-order valence-corrected chi connectivity index (χ3v) is 1.31. The maximum Gasteiger partial charge on any atom is 0.252 e. The van der Waals surface area contributed by atoms with Gasteiger partial charge in [0.1, 0.15) is 0 Å². The third kappa shape index (κ3) is 0.850. The predicted octanol–water partition coefficient (Wildman–Crippen LogP) is 0.294. The van der Waals surface area contributed by atoms with Crippen LogP contribution < -0.4 is 5.43 Å². The number of hydrazone groups is 1. The molecule has 1 N–H and O–H groups in total. The highest BCUT2D eigenvalue weighted by Gasteiger charge is 2.22. The summed E-state index contributed by atoms with van der Waals surface area (Å²) in [6.45, 7) is 5.30. The molecular formula is C6H8N2O. The van der Waals surface area contributed by atoms with Gasteiger partial charge in [0.05, 0.1) is 11.6 Å². The number of rotatable bonds is 1. The van der Waals surface area contributed by atoms with Gasteiger partial charge in [-0.2, -0.15) is 5.10 Å². The molecule has 1 atom stereocenters. The Morgan fingerprint density at radius 1 is 1.89 bits per heavy atom. The zero-order valence-electron chi connectivity index (χ0n) is 5.22. The summed E-state index contributed by atoms with van der Waals surface area (Å²) in [5, 5.41) is 3.72. The monoisotopic (exact) mass is 124 g/mol. The molecule has 0 saturated heterocycles. The van der Waals surface area contributed by atoms with Gasteiger partial charge in [0, 0.05) is 0 Å². The lowest BCUT2D eigenvalue weighted by molar-refractivity contribution is -0.121. The molecule has 0 aromatic rings. The molecule has 0 fully saturated rings. The van der Waals surface area contributed by atoms with Crippen LogP contribution in [-0.4, -0.2) is 11.6 Å². The Morgan fingerprint density at radius 2 is 2.56 bits per heavy atom. The summed E-state index contributed by atoms with van der Waals surface area (Å²) in [5.74, 6) is -0.285. The van der Waals surface area contributed by atoms with E-state index >= 15 is 0 Å². The Kier molecular flexibility index (Phi) is 1.34. The van der Waals surface area contributed by atoms with Crippen LogP contribution in [0.2, 0.25) is 0 Å². The summed E-state index contributed by atoms with van der Waals surface area (Å²) in [5.41, 5.74) is 3.14. The van der Waals surface area contributed by atoms with E-state index in [1.54, 1.807) is 13.0 Å². The lowest BCUT2D eigenvalue weighted by atomic mass is 10.1. The van der Waals surface area contributed by atoms with E-state index in [1.165, 1.54) is 0 Å². The van der Waals surface area contributed by atoms with Crippen molar-refractivity contribution in [2.24, 2.45) is 11.0 Å². The van der Waals surface area contributed by atoms with E-state index in [2.05, 4.69) is 17.1 Å². The van der Waals surface area contributed by atoms with Gasteiger partial charge in [-0.05, 0) is 6.92 Å². The lowest BCUT2D eigenvalue weighted by Gasteiger charge is -1.95. The molecule has 0 bridgehead atoms. The molecule has 1 unspecified atom stereocenters. The highest BCUT2D eigenvalue weighted by molar-refractivity contribution is 6.08. The first-order valence-corrected chi connectivity index (χ1v) is 2.72. The fraction of sp³-hybridized carbons (Fsp3) is 0.333. The van der Waals surface area contributed by atoms with Crippen LogP contribution in [-0.2, 0) is 4.79 Å². The van der Waals surface area contributed by atoms with E-state index in [1.807, 2.05) is 0 Å². The molecule has 0 spiro atoms. The van der Waals surface area contributed by atoms with Crippen LogP contribution in [0, 0.1) is 5.92 Å². The first-order valence-electron chi connectivity index (χ1n) is 2.72. The van der Waals surface area contributed by atoms with Crippen molar-refractivity contribution in [1.29, 1.82) is 0 Å². The molecule has 1 heterocycles. The van der Waals surface area contributed by atoms with Gasteiger partial charge in [0.2, 0.25) is 0 Å². The Balaban J connectivity index is 2.79. The second-order valence-corrected chi connectivity index (χ2v) is 1.94. The highest BCUT2D eigenvalue weighted by atomic mass is 16.2. The van der Waals surface area contributed by atoms with Crippen molar-refractivity contribution >= 4 is 11.6 Å². The number of nitrogens with one attached hydrogen (secondary N) is 1. The van der Waals surface area contributed by atoms with Crippen molar-refractivity contribution in [3.05, 3.63) is 12.7 Å². The molecule has 1 aliphatic rings. The molecule has 1 rings (SSSR count).